The molecule has 1 saturated heterocycles. The summed E-state index contributed by atoms with van der Waals surface area (Å²) in [4.78, 5) is 40.3. The van der Waals surface area contributed by atoms with E-state index in [0.29, 0.717) is 42.9 Å². The number of para-hydroxylation sites is 1. The van der Waals surface area contributed by atoms with Gasteiger partial charge in [0.1, 0.15) is 17.1 Å². The lowest BCUT2D eigenvalue weighted by Crippen LogP contribution is -2.49. The van der Waals surface area contributed by atoms with Gasteiger partial charge in [0.05, 0.1) is 24.0 Å². The highest BCUT2D eigenvalue weighted by molar-refractivity contribution is 5.93. The molecule has 0 spiro atoms. The van der Waals surface area contributed by atoms with Crippen LogP contribution in [0.2, 0.25) is 0 Å². The topological polar surface area (TPSA) is 127 Å². The van der Waals surface area contributed by atoms with Crippen LogP contribution in [0.4, 0.5) is 10.1 Å². The maximum Gasteiger partial charge on any atom is 0.341 e. The molecule has 11 heteroatoms. The zero-order chi connectivity index (χ0) is 26.1. The molecule has 1 aromatic heterocycles. The van der Waals surface area contributed by atoms with Crippen molar-refractivity contribution in [3.8, 4) is 5.75 Å². The minimum atomic E-state index is -1.32. The molecule has 0 unspecified atom stereocenters. The van der Waals surface area contributed by atoms with Crippen molar-refractivity contribution in [1.29, 1.82) is 0 Å². The molecule has 2 fully saturated rings. The number of aromatic carboxylic acids is 1. The van der Waals surface area contributed by atoms with Gasteiger partial charge in [0.25, 0.3) is 5.91 Å². The highest BCUT2D eigenvalue weighted by Crippen LogP contribution is 2.38. The molecule has 2 aliphatic rings. The van der Waals surface area contributed by atoms with Crippen molar-refractivity contribution in [3.05, 3.63) is 69.8 Å². The Bertz CT molecular complexity index is 1460. The highest BCUT2D eigenvalue weighted by atomic mass is 19.1. The van der Waals surface area contributed by atoms with Gasteiger partial charge in [-0.15, -0.1) is 0 Å². The van der Waals surface area contributed by atoms with Gasteiger partial charge in [-0.25, -0.2) is 14.6 Å². The first-order valence-electron chi connectivity index (χ1n) is 12.0. The maximum absolute atomic E-state index is 15.1. The van der Waals surface area contributed by atoms with E-state index in [-0.39, 0.29) is 35.2 Å². The Morgan fingerprint density at radius 1 is 1.14 bits per heavy atom. The zero-order valence-electron chi connectivity index (χ0n) is 19.9. The van der Waals surface area contributed by atoms with Crippen molar-refractivity contribution < 1.29 is 24.2 Å². The first-order valence-corrected chi connectivity index (χ1v) is 12.0. The van der Waals surface area contributed by atoms with Crippen LogP contribution in [0.15, 0.2) is 52.5 Å². The second-order valence-corrected chi connectivity index (χ2v) is 9.25. The average molecular weight is 508 g/mol. The number of nitrogens with zero attached hydrogens (tertiary/aromatic N) is 4. The van der Waals surface area contributed by atoms with Crippen LogP contribution in [0.5, 0.6) is 5.75 Å². The average Bonchev–Trinajstić information content (AvgIpc) is 3.71. The van der Waals surface area contributed by atoms with Crippen molar-refractivity contribution in [2.45, 2.75) is 18.9 Å². The second-order valence-electron chi connectivity index (χ2n) is 9.25. The number of carboxylic acids is 1. The number of rotatable bonds is 7. The van der Waals surface area contributed by atoms with Crippen molar-refractivity contribution >= 4 is 34.7 Å². The summed E-state index contributed by atoms with van der Waals surface area (Å²) in [5, 5.41) is 23.1. The normalized spacial score (nSPS) is 16.4. The Morgan fingerprint density at radius 3 is 2.54 bits per heavy atom. The first-order chi connectivity index (χ1) is 17.8. The minimum Gasteiger partial charge on any atom is -0.507 e. The molecule has 1 saturated carbocycles. The number of fused-ring (bicyclic) bond motifs is 1. The highest BCUT2D eigenvalue weighted by Gasteiger charge is 2.28. The van der Waals surface area contributed by atoms with E-state index in [1.807, 2.05) is 9.80 Å². The Labute approximate surface area is 211 Å². The number of nitrogens with one attached hydrogen (secondary N) is 1. The van der Waals surface area contributed by atoms with E-state index >= 15 is 4.39 Å². The monoisotopic (exact) mass is 507 g/mol. The number of phenols is 1. The van der Waals surface area contributed by atoms with Crippen LogP contribution in [0.1, 0.15) is 34.8 Å². The third-order valence-electron chi connectivity index (χ3n) is 6.68. The largest absolute Gasteiger partial charge is 0.507 e. The molecule has 0 atom stereocenters. The number of hydrazone groups is 1. The number of phenolic OH excluding ortho intramolecular Hbond substituents is 1. The molecule has 1 amide bonds. The first kappa shape index (κ1) is 24.4. The number of amides is 1. The fraction of sp³-hybridized carbons (Fsp3) is 0.308. The Morgan fingerprint density at radius 2 is 1.86 bits per heavy atom. The van der Waals surface area contributed by atoms with Gasteiger partial charge in [-0.2, -0.15) is 5.10 Å². The molecular formula is C26H26FN5O5. The van der Waals surface area contributed by atoms with Gasteiger partial charge >= 0.3 is 5.97 Å². The molecule has 1 aliphatic carbocycles. The second kappa shape index (κ2) is 10.0. The van der Waals surface area contributed by atoms with E-state index in [1.165, 1.54) is 18.5 Å². The van der Waals surface area contributed by atoms with Crippen LogP contribution in [0.25, 0.3) is 10.9 Å². The lowest BCUT2D eigenvalue weighted by atomic mass is 10.1. The summed E-state index contributed by atoms with van der Waals surface area (Å²) >= 11 is 0. The number of pyridine rings is 1. The summed E-state index contributed by atoms with van der Waals surface area (Å²) in [7, 11) is 0. The van der Waals surface area contributed by atoms with Crippen LogP contribution >= 0.6 is 0 Å². The van der Waals surface area contributed by atoms with Gasteiger partial charge < -0.3 is 19.7 Å². The number of hydrogen-bond donors (Lipinski definition) is 3. The molecule has 3 N–H and O–H groups in total. The molecule has 0 bridgehead atoms. The van der Waals surface area contributed by atoms with E-state index in [9.17, 15) is 24.6 Å². The number of halogens is 1. The summed E-state index contributed by atoms with van der Waals surface area (Å²) in [5.74, 6) is -2.15. The van der Waals surface area contributed by atoms with Gasteiger partial charge in [-0.3, -0.25) is 14.5 Å². The Balaban J connectivity index is 1.26. The fourth-order valence-corrected chi connectivity index (χ4v) is 4.56. The summed E-state index contributed by atoms with van der Waals surface area (Å²) in [6.45, 7) is 2.09. The summed E-state index contributed by atoms with van der Waals surface area (Å²) in [6, 6.07) is 9.51. The molecule has 2 aromatic carbocycles. The third-order valence-corrected chi connectivity index (χ3v) is 6.68. The van der Waals surface area contributed by atoms with Crippen LogP contribution in [0.3, 0.4) is 0 Å². The van der Waals surface area contributed by atoms with E-state index in [2.05, 4.69) is 10.5 Å². The third kappa shape index (κ3) is 5.17. The fourth-order valence-electron chi connectivity index (χ4n) is 4.56. The molecule has 192 valence electrons. The summed E-state index contributed by atoms with van der Waals surface area (Å²) in [6.07, 6.45) is 4.49. The van der Waals surface area contributed by atoms with Crippen molar-refractivity contribution in [2.75, 3.05) is 37.6 Å². The van der Waals surface area contributed by atoms with Gasteiger partial charge in [0, 0.05) is 49.4 Å². The lowest BCUT2D eigenvalue weighted by molar-refractivity contribution is -0.122. The van der Waals surface area contributed by atoms with E-state index in [0.717, 1.165) is 18.9 Å². The molecule has 2 heterocycles. The van der Waals surface area contributed by atoms with Gasteiger partial charge in [-0.05, 0) is 37.1 Å². The quantitative estimate of drug-likeness (QED) is 0.330. The van der Waals surface area contributed by atoms with Crippen molar-refractivity contribution in [2.24, 2.45) is 5.10 Å². The molecular weight excluding hydrogens is 481 g/mol. The van der Waals surface area contributed by atoms with Gasteiger partial charge in [0.15, 0.2) is 0 Å². The minimum absolute atomic E-state index is 0.0627. The predicted octanol–water partition coefficient (Wildman–Crippen LogP) is 2.15. The summed E-state index contributed by atoms with van der Waals surface area (Å²) < 4.78 is 16.9. The maximum atomic E-state index is 15.1. The number of aromatic hydroxyl groups is 1. The van der Waals surface area contributed by atoms with Crippen LogP contribution in [-0.2, 0) is 4.79 Å². The zero-order valence-corrected chi connectivity index (χ0v) is 19.9. The van der Waals surface area contributed by atoms with Crippen molar-refractivity contribution in [1.82, 2.24) is 14.9 Å². The number of aromatic nitrogens is 1. The molecule has 5 rings (SSSR count). The van der Waals surface area contributed by atoms with Gasteiger partial charge in [-0.1, -0.05) is 12.1 Å². The SMILES string of the molecule is O=C(CN1CCN(c2cc3c(cc2F)c(=O)c(C(=O)O)cn3C2CC2)CC1)N/N=C/c1ccccc1O. The lowest BCUT2D eigenvalue weighted by Gasteiger charge is -2.36. The van der Waals surface area contributed by atoms with Crippen molar-refractivity contribution in [3.63, 3.8) is 0 Å². The number of benzene rings is 2. The number of carboxylic acid groups (broad SMARTS) is 1. The van der Waals surface area contributed by atoms with E-state index in [1.54, 1.807) is 28.8 Å². The predicted molar refractivity (Wildman–Crippen MR) is 136 cm³/mol. The number of anilines is 1. The van der Waals surface area contributed by atoms with E-state index < -0.39 is 17.2 Å². The van der Waals surface area contributed by atoms with Crippen LogP contribution in [0, 0.1) is 5.82 Å². The van der Waals surface area contributed by atoms with Crippen LogP contribution in [-0.4, -0.2) is 70.5 Å². The van der Waals surface area contributed by atoms with E-state index in [4.69, 9.17) is 0 Å². The molecule has 37 heavy (non-hydrogen) atoms. The number of carbonyl (C=O) groups excluding carboxylic acids is 1. The molecule has 0 radical (unpaired) electrons. The van der Waals surface area contributed by atoms with Gasteiger partial charge in [0.2, 0.25) is 5.43 Å². The standard InChI is InChI=1S/C26H26FN5O5/c27-20-11-18-21(32(17-5-6-17)14-19(25(18)35)26(36)37)12-22(20)31-9-7-30(8-10-31)15-24(34)29-28-13-16-3-1-2-4-23(16)33/h1-4,11-14,17,33H,5-10,15H2,(H,29,34)(H,36,37)/b28-13+. The Kier molecular flexibility index (Phi) is 6.62. The Hall–Kier alpha value is -4.25. The number of piperazine rings is 1. The molecule has 10 nitrogen and oxygen atoms in total. The number of hydrogen-bond acceptors (Lipinski definition) is 7. The summed E-state index contributed by atoms with van der Waals surface area (Å²) in [5.41, 5.74) is 2.76. The molecule has 1 aliphatic heterocycles. The smallest absolute Gasteiger partial charge is 0.341 e. The molecule has 3 aromatic rings. The van der Waals surface area contributed by atoms with Crippen LogP contribution < -0.4 is 15.8 Å². The number of carbonyl (C=O) groups is 2.